The number of halogens is 1. The highest BCUT2D eigenvalue weighted by Gasteiger charge is 2.19. The molecule has 1 atom stereocenters. The van der Waals surface area contributed by atoms with Gasteiger partial charge < -0.3 is 4.74 Å². The van der Waals surface area contributed by atoms with Crippen LogP contribution in [0.3, 0.4) is 0 Å². The number of ether oxygens (including phenoxy) is 1. The van der Waals surface area contributed by atoms with Crippen LogP contribution < -0.4 is 21.1 Å². The Bertz CT molecular complexity index is 1160. The summed E-state index contributed by atoms with van der Waals surface area (Å²) in [5, 5.41) is 5.32. The molecule has 1 aromatic heterocycles. The lowest BCUT2D eigenvalue weighted by Gasteiger charge is -2.17. The van der Waals surface area contributed by atoms with Crippen LogP contribution in [0.2, 0.25) is 5.02 Å². The lowest BCUT2D eigenvalue weighted by Crippen LogP contribution is -2.47. The van der Waals surface area contributed by atoms with Gasteiger partial charge in [0.05, 0.1) is 5.39 Å². The van der Waals surface area contributed by atoms with E-state index >= 15 is 0 Å². The van der Waals surface area contributed by atoms with E-state index in [0.29, 0.717) is 21.5 Å². The molecule has 2 aromatic carbocycles. The standard InChI is InChI=1S/C20H19ClN4O4/c1-11-10-13(21)8-9-16(11)29-12(2)18(26)22-23-19(27)17-14-6-4-5-7-15(14)20(28)25(3)24-17/h4-10,12H,1-3H3,(H,22,26)(H,23,27)/t12-/m0/s1. The lowest BCUT2D eigenvalue weighted by atomic mass is 10.1. The second-order valence-corrected chi connectivity index (χ2v) is 6.87. The summed E-state index contributed by atoms with van der Waals surface area (Å²) in [5.41, 5.74) is 5.10. The third kappa shape index (κ3) is 4.38. The molecule has 0 bridgehead atoms. The Morgan fingerprint density at radius 3 is 2.52 bits per heavy atom. The predicted octanol–water partition coefficient (Wildman–Crippen LogP) is 2.12. The molecule has 0 radical (unpaired) electrons. The van der Waals surface area contributed by atoms with Gasteiger partial charge in [-0.15, -0.1) is 0 Å². The van der Waals surface area contributed by atoms with E-state index in [1.165, 1.54) is 7.05 Å². The minimum absolute atomic E-state index is 0.0186. The van der Waals surface area contributed by atoms with Crippen molar-refractivity contribution in [3.63, 3.8) is 0 Å². The van der Waals surface area contributed by atoms with Crippen LogP contribution in [0.25, 0.3) is 10.8 Å². The Kier molecular flexibility index (Phi) is 5.84. The zero-order valence-corrected chi connectivity index (χ0v) is 16.8. The third-order valence-electron chi connectivity index (χ3n) is 4.28. The normalized spacial score (nSPS) is 11.7. The van der Waals surface area contributed by atoms with Gasteiger partial charge in [-0.1, -0.05) is 29.8 Å². The van der Waals surface area contributed by atoms with Crippen molar-refractivity contribution in [3.05, 3.63) is 69.1 Å². The van der Waals surface area contributed by atoms with E-state index in [4.69, 9.17) is 16.3 Å². The maximum absolute atomic E-state index is 12.5. The molecule has 8 nitrogen and oxygen atoms in total. The van der Waals surface area contributed by atoms with Gasteiger partial charge in [0, 0.05) is 17.5 Å². The van der Waals surface area contributed by atoms with E-state index in [2.05, 4.69) is 16.0 Å². The van der Waals surface area contributed by atoms with Crippen LogP contribution in [0.1, 0.15) is 23.0 Å². The fourth-order valence-electron chi connectivity index (χ4n) is 2.74. The number of aromatic nitrogens is 2. The quantitative estimate of drug-likeness (QED) is 0.637. The number of carbonyl (C=O) groups is 2. The third-order valence-corrected chi connectivity index (χ3v) is 4.52. The first kappa shape index (κ1) is 20.3. The largest absolute Gasteiger partial charge is 0.481 e. The summed E-state index contributed by atoms with van der Waals surface area (Å²) < 4.78 is 6.70. The Balaban J connectivity index is 1.70. The van der Waals surface area contributed by atoms with Gasteiger partial charge in [-0.25, -0.2) is 4.68 Å². The predicted molar refractivity (Wildman–Crippen MR) is 109 cm³/mol. The summed E-state index contributed by atoms with van der Waals surface area (Å²) in [6.45, 7) is 3.36. The fourth-order valence-corrected chi connectivity index (χ4v) is 2.96. The van der Waals surface area contributed by atoms with Crippen LogP contribution in [0.4, 0.5) is 0 Å². The summed E-state index contributed by atoms with van der Waals surface area (Å²) in [7, 11) is 1.45. The zero-order chi connectivity index (χ0) is 21.1. The van der Waals surface area contributed by atoms with E-state index < -0.39 is 17.9 Å². The first-order valence-corrected chi connectivity index (χ1v) is 9.14. The highest BCUT2D eigenvalue weighted by Crippen LogP contribution is 2.22. The number of carbonyl (C=O) groups excluding carboxylic acids is 2. The van der Waals surface area contributed by atoms with Gasteiger partial charge in [-0.2, -0.15) is 5.10 Å². The van der Waals surface area contributed by atoms with E-state index in [1.54, 1.807) is 49.4 Å². The van der Waals surface area contributed by atoms with Crippen molar-refractivity contribution in [2.24, 2.45) is 7.05 Å². The summed E-state index contributed by atoms with van der Waals surface area (Å²) in [4.78, 5) is 37.0. The van der Waals surface area contributed by atoms with Gasteiger partial charge in [-0.3, -0.25) is 25.2 Å². The molecule has 0 aliphatic heterocycles. The minimum Gasteiger partial charge on any atom is -0.481 e. The molecule has 0 spiro atoms. The maximum atomic E-state index is 12.5. The number of benzene rings is 2. The van der Waals surface area contributed by atoms with Crippen molar-refractivity contribution in [2.45, 2.75) is 20.0 Å². The summed E-state index contributed by atoms with van der Waals surface area (Å²) in [5.74, 6) is -0.698. The molecule has 0 aliphatic rings. The van der Waals surface area contributed by atoms with E-state index in [1.807, 2.05) is 6.92 Å². The topological polar surface area (TPSA) is 102 Å². The molecule has 0 fully saturated rings. The van der Waals surface area contributed by atoms with Crippen LogP contribution >= 0.6 is 11.6 Å². The van der Waals surface area contributed by atoms with Crippen LogP contribution in [0, 0.1) is 6.92 Å². The zero-order valence-electron chi connectivity index (χ0n) is 16.0. The number of hydrogen-bond donors (Lipinski definition) is 2. The van der Waals surface area contributed by atoms with Gasteiger partial charge in [0.2, 0.25) is 0 Å². The average molecular weight is 415 g/mol. The van der Waals surface area contributed by atoms with Crippen LogP contribution in [0.5, 0.6) is 5.75 Å². The van der Waals surface area contributed by atoms with Gasteiger partial charge in [0.25, 0.3) is 17.4 Å². The van der Waals surface area contributed by atoms with Crippen LogP contribution in [0.15, 0.2) is 47.3 Å². The summed E-state index contributed by atoms with van der Waals surface area (Å²) in [6, 6.07) is 11.7. The molecule has 3 rings (SSSR count). The summed E-state index contributed by atoms with van der Waals surface area (Å²) in [6.07, 6.45) is -0.875. The number of hydrazine groups is 1. The number of hydrogen-bond acceptors (Lipinski definition) is 5. The molecule has 0 aliphatic carbocycles. The van der Waals surface area contributed by atoms with E-state index in [9.17, 15) is 14.4 Å². The second kappa shape index (κ2) is 8.32. The maximum Gasteiger partial charge on any atom is 0.290 e. The Labute approximate surface area is 171 Å². The molecule has 0 saturated carbocycles. The highest BCUT2D eigenvalue weighted by molar-refractivity contribution is 6.30. The lowest BCUT2D eigenvalue weighted by molar-refractivity contribution is -0.128. The molecule has 9 heteroatoms. The smallest absolute Gasteiger partial charge is 0.290 e. The van der Waals surface area contributed by atoms with E-state index in [-0.39, 0.29) is 11.3 Å². The number of rotatable bonds is 4. The van der Waals surface area contributed by atoms with Crippen molar-refractivity contribution >= 4 is 34.2 Å². The molecule has 29 heavy (non-hydrogen) atoms. The van der Waals surface area contributed by atoms with E-state index in [0.717, 1.165) is 10.2 Å². The molecular formula is C20H19ClN4O4. The molecular weight excluding hydrogens is 396 g/mol. The van der Waals surface area contributed by atoms with Crippen LogP contribution in [-0.4, -0.2) is 27.7 Å². The monoisotopic (exact) mass is 414 g/mol. The van der Waals surface area contributed by atoms with Crippen LogP contribution in [-0.2, 0) is 11.8 Å². The molecule has 0 saturated heterocycles. The fraction of sp³-hybridized carbons (Fsp3) is 0.200. The first-order chi connectivity index (χ1) is 13.8. The molecule has 2 amide bonds. The average Bonchev–Trinajstić information content (AvgIpc) is 2.70. The molecule has 150 valence electrons. The number of aryl methyl sites for hydroxylation is 2. The number of nitrogens with zero attached hydrogens (tertiary/aromatic N) is 2. The number of fused-ring (bicyclic) bond motifs is 1. The number of amides is 2. The van der Waals surface area contributed by atoms with Crippen molar-refractivity contribution in [1.82, 2.24) is 20.6 Å². The molecule has 3 aromatic rings. The van der Waals surface area contributed by atoms with Crippen molar-refractivity contribution in [1.29, 1.82) is 0 Å². The number of nitrogens with one attached hydrogen (secondary N) is 2. The van der Waals surface area contributed by atoms with Gasteiger partial charge in [0.15, 0.2) is 11.8 Å². The minimum atomic E-state index is -0.875. The SMILES string of the molecule is Cc1cc(Cl)ccc1O[C@@H](C)C(=O)NNC(=O)c1nn(C)c(=O)c2ccccc12. The molecule has 0 unspecified atom stereocenters. The molecule has 2 N–H and O–H groups in total. The van der Waals surface area contributed by atoms with Gasteiger partial charge in [0.1, 0.15) is 5.75 Å². The van der Waals surface area contributed by atoms with Crippen molar-refractivity contribution in [3.8, 4) is 5.75 Å². The highest BCUT2D eigenvalue weighted by atomic mass is 35.5. The van der Waals surface area contributed by atoms with Crippen molar-refractivity contribution in [2.75, 3.05) is 0 Å². The summed E-state index contributed by atoms with van der Waals surface area (Å²) >= 11 is 5.91. The Morgan fingerprint density at radius 1 is 1.14 bits per heavy atom. The molecule has 1 heterocycles. The second-order valence-electron chi connectivity index (χ2n) is 6.44. The van der Waals surface area contributed by atoms with Gasteiger partial charge in [-0.05, 0) is 43.7 Å². The van der Waals surface area contributed by atoms with Crippen molar-refractivity contribution < 1.29 is 14.3 Å². The Morgan fingerprint density at radius 2 is 1.83 bits per heavy atom. The Hall–Kier alpha value is -3.39. The first-order valence-electron chi connectivity index (χ1n) is 8.77. The van der Waals surface area contributed by atoms with Gasteiger partial charge >= 0.3 is 0 Å².